The van der Waals surface area contributed by atoms with Gasteiger partial charge in [0.25, 0.3) is 5.56 Å². The van der Waals surface area contributed by atoms with E-state index in [4.69, 9.17) is 0 Å². The van der Waals surface area contributed by atoms with E-state index in [2.05, 4.69) is 28.8 Å². The molecule has 2 fully saturated rings. The maximum absolute atomic E-state index is 13.0. The number of H-pyrrole nitrogens is 1. The van der Waals surface area contributed by atoms with Crippen LogP contribution in [-0.4, -0.2) is 56.0 Å². The largest absolute Gasteiger partial charge is 0.340 e. The lowest BCUT2D eigenvalue weighted by Gasteiger charge is -2.41. The summed E-state index contributed by atoms with van der Waals surface area (Å²) in [5.74, 6) is 0.311. The first-order valence-electron chi connectivity index (χ1n) is 9.50. The highest BCUT2D eigenvalue weighted by molar-refractivity contribution is 5.84. The number of aryl methyl sites for hydroxylation is 1. The summed E-state index contributed by atoms with van der Waals surface area (Å²) in [7, 11) is 0. The zero-order valence-corrected chi connectivity index (χ0v) is 15.8. The number of rotatable bonds is 3. The minimum atomic E-state index is -0.244. The Kier molecular flexibility index (Phi) is 4.14. The monoisotopic (exact) mass is 357 g/mol. The molecule has 1 spiro atoms. The normalized spacial score (nSPS) is 24.5. The minimum absolute atomic E-state index is 0.0910. The molecule has 2 aliphatic heterocycles. The van der Waals surface area contributed by atoms with Gasteiger partial charge in [0.15, 0.2) is 5.65 Å². The summed E-state index contributed by atoms with van der Waals surface area (Å²) >= 11 is 0. The molecule has 140 valence electrons. The molecule has 7 heteroatoms. The van der Waals surface area contributed by atoms with E-state index >= 15 is 0 Å². The van der Waals surface area contributed by atoms with Crippen molar-refractivity contribution < 1.29 is 4.79 Å². The number of nitrogens with zero attached hydrogens (tertiary/aromatic N) is 4. The van der Waals surface area contributed by atoms with Crippen LogP contribution < -0.4 is 5.56 Å². The van der Waals surface area contributed by atoms with Crippen molar-refractivity contribution in [3.8, 4) is 0 Å². The Morgan fingerprint density at radius 3 is 2.81 bits per heavy atom. The van der Waals surface area contributed by atoms with Crippen molar-refractivity contribution in [2.24, 2.45) is 5.41 Å². The fourth-order valence-electron chi connectivity index (χ4n) is 4.54. The molecule has 0 aliphatic carbocycles. The number of carbonyl (C=O) groups is 1. The Bertz CT molecular complexity index is 899. The van der Waals surface area contributed by atoms with Crippen LogP contribution in [-0.2, 0) is 11.3 Å². The third kappa shape index (κ3) is 2.84. The number of piperidine rings is 1. The molecule has 2 aromatic heterocycles. The summed E-state index contributed by atoms with van der Waals surface area (Å²) in [6.07, 6.45) is 2.95. The fraction of sp³-hybridized carbons (Fsp3) is 0.632. The van der Waals surface area contributed by atoms with Gasteiger partial charge in [-0.25, -0.2) is 9.50 Å². The quantitative estimate of drug-likeness (QED) is 0.905. The lowest BCUT2D eigenvalue weighted by atomic mass is 9.78. The van der Waals surface area contributed by atoms with Gasteiger partial charge in [-0.1, -0.05) is 0 Å². The van der Waals surface area contributed by atoms with Gasteiger partial charge in [-0.15, -0.1) is 0 Å². The summed E-state index contributed by atoms with van der Waals surface area (Å²) in [5.41, 5.74) is 2.00. The van der Waals surface area contributed by atoms with Gasteiger partial charge in [-0.05, 0) is 46.6 Å². The van der Waals surface area contributed by atoms with Crippen molar-refractivity contribution in [1.29, 1.82) is 0 Å². The molecule has 26 heavy (non-hydrogen) atoms. The van der Waals surface area contributed by atoms with Gasteiger partial charge in [-0.3, -0.25) is 19.6 Å². The topological polar surface area (TPSA) is 73.7 Å². The molecule has 2 aliphatic rings. The third-order valence-corrected chi connectivity index (χ3v) is 5.84. The molecule has 0 saturated carbocycles. The number of likely N-dealkylation sites (tertiary alicyclic amines) is 2. The van der Waals surface area contributed by atoms with Crippen LogP contribution in [0.5, 0.6) is 0 Å². The highest BCUT2D eigenvalue weighted by Gasteiger charge is 2.48. The number of aromatic nitrogens is 3. The Morgan fingerprint density at radius 2 is 2.04 bits per heavy atom. The summed E-state index contributed by atoms with van der Waals surface area (Å²) in [4.78, 5) is 34.2. The van der Waals surface area contributed by atoms with E-state index in [1.807, 2.05) is 17.9 Å². The summed E-state index contributed by atoms with van der Waals surface area (Å²) in [5, 5.41) is 2.99. The molecule has 7 nitrogen and oxygen atoms in total. The summed E-state index contributed by atoms with van der Waals surface area (Å²) in [6, 6.07) is 3.73. The lowest BCUT2D eigenvalue weighted by Crippen LogP contribution is -2.52. The summed E-state index contributed by atoms with van der Waals surface area (Å²) < 4.78 is 1.47. The molecule has 0 unspecified atom stereocenters. The molecule has 1 atom stereocenters. The second kappa shape index (κ2) is 6.23. The first-order valence-corrected chi connectivity index (χ1v) is 9.50. The predicted molar refractivity (Wildman–Crippen MR) is 99.0 cm³/mol. The van der Waals surface area contributed by atoms with Crippen molar-refractivity contribution in [3.63, 3.8) is 0 Å². The zero-order valence-electron chi connectivity index (χ0n) is 15.8. The number of aromatic amines is 1. The van der Waals surface area contributed by atoms with Gasteiger partial charge in [0.1, 0.15) is 0 Å². The highest BCUT2D eigenvalue weighted by atomic mass is 16.2. The second-order valence-electron chi connectivity index (χ2n) is 8.16. The smallest absolute Gasteiger partial charge is 0.272 e. The average molecular weight is 357 g/mol. The number of carbonyl (C=O) groups excluding carboxylic acids is 1. The van der Waals surface area contributed by atoms with Gasteiger partial charge in [0.05, 0.1) is 11.1 Å². The number of amides is 1. The van der Waals surface area contributed by atoms with Crippen molar-refractivity contribution >= 4 is 11.6 Å². The van der Waals surface area contributed by atoms with Crippen molar-refractivity contribution in [2.75, 3.05) is 19.6 Å². The Balaban J connectivity index is 1.53. The maximum Gasteiger partial charge on any atom is 0.272 e. The molecular formula is C19H27N5O2. The molecule has 0 bridgehead atoms. The molecule has 1 amide bonds. The van der Waals surface area contributed by atoms with Crippen LogP contribution in [0.1, 0.15) is 44.5 Å². The minimum Gasteiger partial charge on any atom is -0.340 e. The van der Waals surface area contributed by atoms with E-state index in [1.54, 1.807) is 6.07 Å². The molecular weight excluding hydrogens is 330 g/mol. The average Bonchev–Trinajstić information content (AvgIpc) is 3.14. The van der Waals surface area contributed by atoms with E-state index in [9.17, 15) is 9.59 Å². The van der Waals surface area contributed by atoms with Crippen LogP contribution in [0.4, 0.5) is 0 Å². The van der Waals surface area contributed by atoms with E-state index < -0.39 is 0 Å². The maximum atomic E-state index is 13.0. The van der Waals surface area contributed by atoms with Crippen molar-refractivity contribution in [2.45, 2.75) is 52.6 Å². The molecule has 4 rings (SSSR count). The zero-order chi connectivity index (χ0) is 18.5. The van der Waals surface area contributed by atoms with Crippen molar-refractivity contribution in [1.82, 2.24) is 24.4 Å². The summed E-state index contributed by atoms with van der Waals surface area (Å²) in [6.45, 7) is 9.23. The fourth-order valence-corrected chi connectivity index (χ4v) is 4.54. The van der Waals surface area contributed by atoms with Crippen LogP contribution >= 0.6 is 0 Å². The van der Waals surface area contributed by atoms with Crippen LogP contribution in [0.2, 0.25) is 0 Å². The van der Waals surface area contributed by atoms with Gasteiger partial charge in [-0.2, -0.15) is 0 Å². The number of nitrogens with one attached hydrogen (secondary N) is 1. The molecule has 1 N–H and O–H groups in total. The first-order chi connectivity index (χ1) is 12.4. The highest BCUT2D eigenvalue weighted by Crippen LogP contribution is 2.40. The SMILES string of the molecule is Cc1cc2nc(CN3CC[C@@]4(CCCN(C(C)C)C4=O)C3)cc(=O)n2[nH]1. The lowest BCUT2D eigenvalue weighted by molar-refractivity contribution is -0.147. The molecule has 2 saturated heterocycles. The van der Waals surface area contributed by atoms with E-state index in [0.29, 0.717) is 18.1 Å². The Hall–Kier alpha value is -2.15. The molecule has 0 aromatic carbocycles. The number of fused-ring (bicyclic) bond motifs is 1. The van der Waals surface area contributed by atoms with E-state index in [0.717, 1.165) is 50.3 Å². The molecule has 2 aromatic rings. The number of hydrogen-bond acceptors (Lipinski definition) is 4. The molecule has 4 heterocycles. The number of hydrogen-bond donors (Lipinski definition) is 1. The van der Waals surface area contributed by atoms with Crippen LogP contribution in [0.25, 0.3) is 5.65 Å². The Labute approximate surface area is 153 Å². The Morgan fingerprint density at radius 1 is 1.23 bits per heavy atom. The van der Waals surface area contributed by atoms with Crippen molar-refractivity contribution in [3.05, 3.63) is 33.9 Å². The third-order valence-electron chi connectivity index (χ3n) is 5.84. The standard InChI is InChI=1S/C19H27N5O2/c1-13(2)23-7-4-5-19(18(23)26)6-8-22(12-19)11-15-10-17(25)24-16(20-15)9-14(3)21-24/h9-10,13,21H,4-8,11-12H2,1-3H3/t19-/m0/s1. The van der Waals surface area contributed by atoms with E-state index in [-0.39, 0.29) is 17.0 Å². The predicted octanol–water partition coefficient (Wildman–Crippen LogP) is 1.55. The van der Waals surface area contributed by atoms with Crippen LogP contribution in [0, 0.1) is 12.3 Å². The van der Waals surface area contributed by atoms with Crippen LogP contribution in [0.15, 0.2) is 16.9 Å². The first kappa shape index (κ1) is 17.3. The molecule has 0 radical (unpaired) electrons. The van der Waals surface area contributed by atoms with Gasteiger partial charge in [0, 0.05) is 43.5 Å². The van der Waals surface area contributed by atoms with Gasteiger partial charge in [0.2, 0.25) is 5.91 Å². The van der Waals surface area contributed by atoms with Gasteiger partial charge < -0.3 is 4.90 Å². The van der Waals surface area contributed by atoms with Gasteiger partial charge >= 0.3 is 0 Å². The van der Waals surface area contributed by atoms with E-state index in [1.165, 1.54) is 4.52 Å². The second-order valence-corrected chi connectivity index (χ2v) is 8.16. The van der Waals surface area contributed by atoms with Crippen LogP contribution in [0.3, 0.4) is 0 Å².